The average molecular weight is 324 g/mol. The van der Waals surface area contributed by atoms with Crippen molar-refractivity contribution in [2.24, 2.45) is 5.92 Å². The van der Waals surface area contributed by atoms with Gasteiger partial charge in [-0.15, -0.1) is 0 Å². The van der Waals surface area contributed by atoms with Crippen LogP contribution in [-0.2, 0) is 0 Å². The molecule has 4 rings (SSSR count). The van der Waals surface area contributed by atoms with E-state index < -0.39 is 0 Å². The minimum atomic E-state index is 0.0734. The van der Waals surface area contributed by atoms with Crippen molar-refractivity contribution >= 4 is 23.0 Å². The monoisotopic (exact) mass is 324 g/mol. The van der Waals surface area contributed by atoms with Crippen molar-refractivity contribution in [1.29, 1.82) is 0 Å². The topological polar surface area (TPSA) is 24.5 Å². The zero-order valence-corrected chi connectivity index (χ0v) is 14.0. The first-order chi connectivity index (χ1) is 11.3. The van der Waals surface area contributed by atoms with Crippen LogP contribution in [0.3, 0.4) is 0 Å². The third-order valence-electron chi connectivity index (χ3n) is 4.62. The lowest BCUT2D eigenvalue weighted by Gasteiger charge is -2.38. The fourth-order valence-electron chi connectivity index (χ4n) is 3.17. The first-order valence-electron chi connectivity index (χ1n) is 8.07. The second-order valence-corrected chi connectivity index (χ2v) is 6.66. The van der Waals surface area contributed by atoms with E-state index in [1.165, 1.54) is 29.7 Å². The SMILES string of the molecule is COc1ccc2c(c1)C(c1ccccc1)NC(=S)N2CC1CC1. The van der Waals surface area contributed by atoms with E-state index in [1.807, 2.05) is 12.1 Å². The summed E-state index contributed by atoms with van der Waals surface area (Å²) in [5.41, 5.74) is 3.65. The summed E-state index contributed by atoms with van der Waals surface area (Å²) >= 11 is 5.67. The number of ether oxygens (including phenoxy) is 1. The number of nitrogens with zero attached hydrogens (tertiary/aromatic N) is 1. The molecule has 0 aromatic heterocycles. The van der Waals surface area contributed by atoms with E-state index in [0.29, 0.717) is 0 Å². The summed E-state index contributed by atoms with van der Waals surface area (Å²) in [7, 11) is 1.71. The van der Waals surface area contributed by atoms with Crippen molar-refractivity contribution in [3.05, 3.63) is 59.7 Å². The van der Waals surface area contributed by atoms with Crippen molar-refractivity contribution < 1.29 is 4.74 Å². The fraction of sp³-hybridized carbons (Fsp3) is 0.316. The summed E-state index contributed by atoms with van der Waals surface area (Å²) in [6, 6.07) is 16.8. The van der Waals surface area contributed by atoms with Crippen LogP contribution in [0.1, 0.15) is 30.0 Å². The highest BCUT2D eigenvalue weighted by molar-refractivity contribution is 7.80. The number of thiocarbonyl (C=S) groups is 1. The molecule has 118 valence electrons. The number of benzene rings is 2. The van der Waals surface area contributed by atoms with E-state index in [1.54, 1.807) is 7.11 Å². The van der Waals surface area contributed by atoms with E-state index in [2.05, 4.69) is 46.6 Å². The van der Waals surface area contributed by atoms with Crippen LogP contribution in [0.15, 0.2) is 48.5 Å². The molecule has 0 bridgehead atoms. The standard InChI is InChI=1S/C19H20N2OS/c1-22-15-9-10-17-16(11-15)18(14-5-3-2-4-6-14)20-19(23)21(17)12-13-7-8-13/h2-6,9-11,13,18H,7-8,12H2,1H3,(H,20,23). The molecule has 0 spiro atoms. The molecular formula is C19H20N2OS. The highest BCUT2D eigenvalue weighted by Gasteiger charge is 2.33. The molecule has 1 fully saturated rings. The molecule has 3 nitrogen and oxygen atoms in total. The summed E-state index contributed by atoms with van der Waals surface area (Å²) in [5.74, 6) is 1.66. The van der Waals surface area contributed by atoms with E-state index in [9.17, 15) is 0 Å². The third-order valence-corrected chi connectivity index (χ3v) is 4.96. The molecule has 2 aliphatic rings. The Balaban J connectivity index is 1.79. The molecule has 1 atom stereocenters. The summed E-state index contributed by atoms with van der Waals surface area (Å²) in [6.45, 7) is 1.01. The average Bonchev–Trinajstić information content (AvgIpc) is 3.41. The quantitative estimate of drug-likeness (QED) is 0.863. The van der Waals surface area contributed by atoms with Gasteiger partial charge in [-0.2, -0.15) is 0 Å². The summed E-state index contributed by atoms with van der Waals surface area (Å²) in [6.07, 6.45) is 2.62. The van der Waals surface area contributed by atoms with Gasteiger partial charge in [0.25, 0.3) is 0 Å². The van der Waals surface area contributed by atoms with Crippen LogP contribution in [0.2, 0.25) is 0 Å². The maximum atomic E-state index is 5.67. The lowest BCUT2D eigenvalue weighted by atomic mass is 9.94. The molecule has 0 radical (unpaired) electrons. The van der Waals surface area contributed by atoms with Crippen molar-refractivity contribution in [3.63, 3.8) is 0 Å². The van der Waals surface area contributed by atoms with Gasteiger partial charge < -0.3 is 15.0 Å². The first kappa shape index (κ1) is 14.5. The number of anilines is 1. The van der Waals surface area contributed by atoms with Crippen molar-refractivity contribution in [1.82, 2.24) is 5.32 Å². The van der Waals surface area contributed by atoms with Crippen molar-refractivity contribution in [2.45, 2.75) is 18.9 Å². The number of methoxy groups -OCH3 is 1. The molecule has 0 saturated heterocycles. The van der Waals surface area contributed by atoms with Gasteiger partial charge in [0.2, 0.25) is 0 Å². The minimum absolute atomic E-state index is 0.0734. The Morgan fingerprint density at radius 1 is 1.17 bits per heavy atom. The van der Waals surface area contributed by atoms with Crippen LogP contribution < -0.4 is 15.0 Å². The number of hydrogen-bond acceptors (Lipinski definition) is 2. The molecule has 0 amide bonds. The third kappa shape index (κ3) is 2.79. The Labute approximate surface area is 142 Å². The zero-order chi connectivity index (χ0) is 15.8. The highest BCUT2D eigenvalue weighted by atomic mass is 32.1. The van der Waals surface area contributed by atoms with Gasteiger partial charge in [-0.25, -0.2) is 0 Å². The second-order valence-electron chi connectivity index (χ2n) is 6.27. The molecular weight excluding hydrogens is 304 g/mol. The molecule has 2 aromatic carbocycles. The molecule has 1 heterocycles. The van der Waals surface area contributed by atoms with Crippen LogP contribution >= 0.6 is 12.2 Å². The molecule has 23 heavy (non-hydrogen) atoms. The maximum absolute atomic E-state index is 5.67. The Bertz CT molecular complexity index is 727. The van der Waals surface area contributed by atoms with Crippen molar-refractivity contribution in [3.8, 4) is 5.75 Å². The van der Waals surface area contributed by atoms with Crippen molar-refractivity contribution in [2.75, 3.05) is 18.6 Å². The number of fused-ring (bicyclic) bond motifs is 1. The largest absolute Gasteiger partial charge is 0.497 e. The highest BCUT2D eigenvalue weighted by Crippen LogP contribution is 2.40. The fourth-order valence-corrected chi connectivity index (χ4v) is 3.46. The van der Waals surface area contributed by atoms with Gasteiger partial charge in [-0.1, -0.05) is 30.3 Å². The molecule has 4 heteroatoms. The first-order valence-corrected chi connectivity index (χ1v) is 8.48. The smallest absolute Gasteiger partial charge is 0.174 e. The van der Waals surface area contributed by atoms with Crippen LogP contribution in [0, 0.1) is 5.92 Å². The summed E-state index contributed by atoms with van der Waals surface area (Å²) in [5, 5.41) is 4.35. The van der Waals surface area contributed by atoms with Crippen LogP contribution in [-0.4, -0.2) is 18.8 Å². The predicted octanol–water partition coefficient (Wildman–Crippen LogP) is 3.89. The molecule has 1 N–H and O–H groups in total. The minimum Gasteiger partial charge on any atom is -0.497 e. The Hall–Kier alpha value is -2.07. The summed E-state index contributed by atoms with van der Waals surface area (Å²) in [4.78, 5) is 2.25. The second kappa shape index (κ2) is 5.85. The number of hydrogen-bond donors (Lipinski definition) is 1. The van der Waals surface area contributed by atoms with Gasteiger partial charge in [-0.3, -0.25) is 0 Å². The van der Waals surface area contributed by atoms with Gasteiger partial charge in [0.15, 0.2) is 5.11 Å². The molecule has 1 aliphatic carbocycles. The van der Waals surface area contributed by atoms with Gasteiger partial charge in [-0.05, 0) is 54.7 Å². The molecule has 1 saturated carbocycles. The maximum Gasteiger partial charge on any atom is 0.174 e. The lowest BCUT2D eigenvalue weighted by Crippen LogP contribution is -2.47. The Kier molecular flexibility index (Phi) is 3.69. The normalized spacial score (nSPS) is 20.0. The zero-order valence-electron chi connectivity index (χ0n) is 13.2. The van der Waals surface area contributed by atoms with Crippen LogP contribution in [0.25, 0.3) is 0 Å². The number of nitrogens with one attached hydrogen (secondary N) is 1. The van der Waals surface area contributed by atoms with E-state index in [-0.39, 0.29) is 6.04 Å². The summed E-state index contributed by atoms with van der Waals surface area (Å²) < 4.78 is 5.44. The molecule has 1 unspecified atom stereocenters. The molecule has 1 aliphatic heterocycles. The van der Waals surface area contributed by atoms with E-state index in [4.69, 9.17) is 17.0 Å². The van der Waals surface area contributed by atoms with E-state index in [0.717, 1.165) is 23.3 Å². The van der Waals surface area contributed by atoms with Crippen LogP contribution in [0.5, 0.6) is 5.75 Å². The van der Waals surface area contributed by atoms with Gasteiger partial charge in [0, 0.05) is 17.8 Å². The Morgan fingerprint density at radius 2 is 1.96 bits per heavy atom. The van der Waals surface area contributed by atoms with E-state index >= 15 is 0 Å². The number of rotatable bonds is 4. The predicted molar refractivity (Wildman–Crippen MR) is 97.1 cm³/mol. The van der Waals surface area contributed by atoms with Gasteiger partial charge in [0.1, 0.15) is 5.75 Å². The van der Waals surface area contributed by atoms with Gasteiger partial charge >= 0.3 is 0 Å². The Morgan fingerprint density at radius 3 is 2.65 bits per heavy atom. The molecule has 2 aromatic rings. The van der Waals surface area contributed by atoms with Gasteiger partial charge in [0.05, 0.1) is 13.2 Å². The van der Waals surface area contributed by atoms with Crippen LogP contribution in [0.4, 0.5) is 5.69 Å². The lowest BCUT2D eigenvalue weighted by molar-refractivity contribution is 0.414.